The molecule has 0 saturated carbocycles. The van der Waals surface area contributed by atoms with E-state index < -0.39 is 9.84 Å². The van der Waals surface area contributed by atoms with E-state index in [0.29, 0.717) is 11.4 Å². The van der Waals surface area contributed by atoms with E-state index in [1.54, 1.807) is 23.9 Å². The van der Waals surface area contributed by atoms with Crippen molar-refractivity contribution in [2.45, 2.75) is 18.4 Å². The Hall–Kier alpha value is -0.780. The molecule has 1 aromatic carbocycles. The van der Waals surface area contributed by atoms with Crippen LogP contribution in [-0.4, -0.2) is 19.9 Å². The molecular formula is C12H15NO2S2. The molecule has 0 unspecified atom stereocenters. The first-order valence-electron chi connectivity index (χ1n) is 5.45. The van der Waals surface area contributed by atoms with Gasteiger partial charge < -0.3 is 5.73 Å². The molecule has 17 heavy (non-hydrogen) atoms. The lowest BCUT2D eigenvalue weighted by atomic mass is 10.1. The number of fused-ring (bicyclic) bond motifs is 1. The van der Waals surface area contributed by atoms with Crippen molar-refractivity contribution < 1.29 is 8.42 Å². The summed E-state index contributed by atoms with van der Waals surface area (Å²) in [6.45, 7) is 2.49. The van der Waals surface area contributed by atoms with Gasteiger partial charge in [0.2, 0.25) is 9.84 Å². The SMILES string of the molecule is CCSCC1=CS(=O)(=O)c2ccc(CN)cc21. The summed E-state index contributed by atoms with van der Waals surface area (Å²) in [5, 5.41) is 1.39. The molecule has 0 aliphatic carbocycles. The van der Waals surface area contributed by atoms with Crippen molar-refractivity contribution in [1.29, 1.82) is 0 Å². The molecule has 1 aliphatic rings. The molecule has 0 aromatic heterocycles. The molecule has 3 nitrogen and oxygen atoms in total. The van der Waals surface area contributed by atoms with Crippen LogP contribution in [0.5, 0.6) is 0 Å². The van der Waals surface area contributed by atoms with Crippen LogP contribution in [-0.2, 0) is 16.4 Å². The standard InChI is InChI=1S/C12H15NO2S2/c1-2-16-7-10-8-17(14,15)12-4-3-9(6-13)5-11(10)12/h3-5,8H,2,6-7,13H2,1H3. The largest absolute Gasteiger partial charge is 0.326 e. The lowest BCUT2D eigenvalue weighted by molar-refractivity contribution is 0.605. The summed E-state index contributed by atoms with van der Waals surface area (Å²) in [6, 6.07) is 5.33. The summed E-state index contributed by atoms with van der Waals surface area (Å²) >= 11 is 1.72. The van der Waals surface area contributed by atoms with Gasteiger partial charge in [-0.1, -0.05) is 13.0 Å². The third-order valence-electron chi connectivity index (χ3n) is 2.69. The number of sulfone groups is 1. The second-order valence-corrected chi connectivity index (χ2v) is 6.90. The van der Waals surface area contributed by atoms with E-state index >= 15 is 0 Å². The second-order valence-electron chi connectivity index (χ2n) is 3.86. The lowest BCUT2D eigenvalue weighted by Gasteiger charge is -2.05. The van der Waals surface area contributed by atoms with Gasteiger partial charge in [0, 0.05) is 17.7 Å². The molecular weight excluding hydrogens is 254 g/mol. The molecule has 1 heterocycles. The van der Waals surface area contributed by atoms with Crippen molar-refractivity contribution >= 4 is 27.2 Å². The van der Waals surface area contributed by atoms with Gasteiger partial charge in [-0.3, -0.25) is 0 Å². The zero-order valence-corrected chi connectivity index (χ0v) is 11.3. The molecule has 0 amide bonds. The molecule has 0 bridgehead atoms. The first-order chi connectivity index (χ1) is 8.08. The lowest BCUT2D eigenvalue weighted by Crippen LogP contribution is -1.99. The van der Waals surface area contributed by atoms with Gasteiger partial charge in [0.15, 0.2) is 0 Å². The minimum atomic E-state index is -3.23. The minimum Gasteiger partial charge on any atom is -0.326 e. The van der Waals surface area contributed by atoms with Crippen LogP contribution in [0.1, 0.15) is 18.1 Å². The Labute approximate surface area is 106 Å². The summed E-state index contributed by atoms with van der Waals surface area (Å²) in [7, 11) is -3.23. The predicted octanol–water partition coefficient (Wildman–Crippen LogP) is 2.03. The van der Waals surface area contributed by atoms with Crippen LogP contribution in [0, 0.1) is 0 Å². The smallest absolute Gasteiger partial charge is 0.200 e. The predicted molar refractivity (Wildman–Crippen MR) is 72.5 cm³/mol. The summed E-state index contributed by atoms with van der Waals surface area (Å²) in [5.41, 5.74) is 8.27. The van der Waals surface area contributed by atoms with Crippen LogP contribution in [0.4, 0.5) is 0 Å². The highest BCUT2D eigenvalue weighted by Crippen LogP contribution is 2.35. The Morgan fingerprint density at radius 1 is 1.35 bits per heavy atom. The third-order valence-corrected chi connectivity index (χ3v) is 5.18. The third kappa shape index (κ3) is 2.41. The van der Waals surface area contributed by atoms with Crippen molar-refractivity contribution in [3.63, 3.8) is 0 Å². The molecule has 0 fully saturated rings. The van der Waals surface area contributed by atoms with Gasteiger partial charge in [-0.15, -0.1) is 0 Å². The zero-order valence-electron chi connectivity index (χ0n) is 9.64. The average molecular weight is 269 g/mol. The van der Waals surface area contributed by atoms with Crippen molar-refractivity contribution in [2.75, 3.05) is 11.5 Å². The fourth-order valence-corrected chi connectivity index (χ4v) is 4.08. The quantitative estimate of drug-likeness (QED) is 0.908. The van der Waals surface area contributed by atoms with Gasteiger partial charge in [-0.05, 0) is 34.6 Å². The highest BCUT2D eigenvalue weighted by molar-refractivity contribution is 8.00. The fourth-order valence-electron chi connectivity index (χ4n) is 1.84. The first kappa shape index (κ1) is 12.7. The summed E-state index contributed by atoms with van der Waals surface area (Å²) in [5.74, 6) is 1.71. The number of benzene rings is 1. The van der Waals surface area contributed by atoms with Gasteiger partial charge in [-0.2, -0.15) is 11.8 Å². The minimum absolute atomic E-state index is 0.418. The molecule has 0 spiro atoms. The normalized spacial score (nSPS) is 16.7. The van der Waals surface area contributed by atoms with E-state index in [4.69, 9.17) is 5.73 Å². The number of rotatable bonds is 4. The number of hydrogen-bond donors (Lipinski definition) is 1. The maximum absolute atomic E-state index is 11.9. The Bertz CT molecular complexity index is 562. The van der Waals surface area contributed by atoms with Gasteiger partial charge in [-0.25, -0.2) is 8.42 Å². The van der Waals surface area contributed by atoms with Crippen LogP contribution >= 0.6 is 11.8 Å². The Morgan fingerprint density at radius 2 is 2.12 bits per heavy atom. The van der Waals surface area contributed by atoms with Crippen LogP contribution in [0.2, 0.25) is 0 Å². The molecule has 2 rings (SSSR count). The number of nitrogens with two attached hydrogens (primary N) is 1. The molecule has 0 saturated heterocycles. The molecule has 5 heteroatoms. The van der Waals surface area contributed by atoms with Crippen molar-refractivity contribution in [3.05, 3.63) is 34.7 Å². The van der Waals surface area contributed by atoms with Crippen molar-refractivity contribution in [3.8, 4) is 0 Å². The zero-order chi connectivity index (χ0) is 12.5. The van der Waals surface area contributed by atoms with Gasteiger partial charge in [0.05, 0.1) is 4.90 Å². The Balaban J connectivity index is 2.47. The van der Waals surface area contributed by atoms with E-state index in [9.17, 15) is 8.42 Å². The van der Waals surface area contributed by atoms with E-state index in [0.717, 1.165) is 28.2 Å². The second kappa shape index (κ2) is 4.84. The molecule has 1 aliphatic heterocycles. The van der Waals surface area contributed by atoms with Crippen LogP contribution < -0.4 is 5.73 Å². The maximum Gasteiger partial charge on any atom is 0.200 e. The van der Waals surface area contributed by atoms with E-state index in [1.807, 2.05) is 6.07 Å². The molecule has 0 atom stereocenters. The van der Waals surface area contributed by atoms with E-state index in [-0.39, 0.29) is 0 Å². The highest BCUT2D eigenvalue weighted by Gasteiger charge is 2.26. The van der Waals surface area contributed by atoms with Gasteiger partial charge in [0.1, 0.15) is 0 Å². The van der Waals surface area contributed by atoms with Crippen LogP contribution in [0.3, 0.4) is 0 Å². The average Bonchev–Trinajstić information content (AvgIpc) is 2.58. The summed E-state index contributed by atoms with van der Waals surface area (Å²) < 4.78 is 23.8. The molecule has 2 N–H and O–H groups in total. The molecule has 92 valence electrons. The van der Waals surface area contributed by atoms with Gasteiger partial charge in [0.25, 0.3) is 0 Å². The van der Waals surface area contributed by atoms with Crippen molar-refractivity contribution in [1.82, 2.24) is 0 Å². The van der Waals surface area contributed by atoms with Gasteiger partial charge >= 0.3 is 0 Å². The van der Waals surface area contributed by atoms with Crippen molar-refractivity contribution in [2.24, 2.45) is 5.73 Å². The Morgan fingerprint density at radius 3 is 2.76 bits per heavy atom. The van der Waals surface area contributed by atoms with Crippen LogP contribution in [0.15, 0.2) is 28.5 Å². The summed E-state index contributed by atoms with van der Waals surface area (Å²) in [6.07, 6.45) is 0. The number of thioether (sulfide) groups is 1. The van der Waals surface area contributed by atoms with Crippen LogP contribution in [0.25, 0.3) is 5.57 Å². The van der Waals surface area contributed by atoms with E-state index in [1.165, 1.54) is 5.41 Å². The highest BCUT2D eigenvalue weighted by atomic mass is 32.2. The fraction of sp³-hybridized carbons (Fsp3) is 0.333. The number of hydrogen-bond acceptors (Lipinski definition) is 4. The maximum atomic E-state index is 11.9. The molecule has 0 radical (unpaired) electrons. The summed E-state index contributed by atoms with van der Waals surface area (Å²) in [4.78, 5) is 0.418. The molecule has 1 aromatic rings. The van der Waals surface area contributed by atoms with E-state index in [2.05, 4.69) is 6.92 Å². The first-order valence-corrected chi connectivity index (χ1v) is 8.15. The topological polar surface area (TPSA) is 60.2 Å². The Kier molecular flexibility index (Phi) is 3.61. The monoisotopic (exact) mass is 269 g/mol.